The van der Waals surface area contributed by atoms with Crippen LogP contribution in [0.3, 0.4) is 0 Å². The van der Waals surface area contributed by atoms with Crippen molar-refractivity contribution in [2.24, 2.45) is 0 Å². The molecular formula is C40H78N4O6S2. The number of carbonyl (C=O) groups is 4. The second-order valence-corrected chi connectivity index (χ2v) is 17.7. The molecule has 52 heavy (non-hydrogen) atoms. The van der Waals surface area contributed by atoms with Crippen LogP contribution in [0.15, 0.2) is 0 Å². The maximum atomic E-state index is 12.4. The Morgan fingerprint density at radius 1 is 0.442 bits per heavy atom. The van der Waals surface area contributed by atoms with Gasteiger partial charge in [-0.1, -0.05) is 137 Å². The van der Waals surface area contributed by atoms with E-state index in [0.717, 1.165) is 38.5 Å². The second kappa shape index (κ2) is 36.5. The predicted molar refractivity (Wildman–Crippen MR) is 221 cm³/mol. The lowest BCUT2D eigenvalue weighted by atomic mass is 10.0. The van der Waals surface area contributed by atoms with E-state index in [1.165, 1.54) is 137 Å². The largest absolute Gasteiger partial charge is 0.480 e. The van der Waals surface area contributed by atoms with Crippen LogP contribution < -0.4 is 10.6 Å². The normalized spacial score (nSPS) is 12.7. The lowest BCUT2D eigenvalue weighted by molar-refractivity contribution is -0.142. The summed E-state index contributed by atoms with van der Waals surface area (Å²) >= 11 is 0. The van der Waals surface area contributed by atoms with Gasteiger partial charge in [0.05, 0.1) is 0 Å². The molecule has 0 aliphatic heterocycles. The zero-order chi connectivity index (χ0) is 38.7. The summed E-state index contributed by atoms with van der Waals surface area (Å²) in [5, 5.41) is 24.5. The van der Waals surface area contributed by atoms with Crippen LogP contribution in [0.5, 0.6) is 0 Å². The fourth-order valence-corrected chi connectivity index (χ4v) is 8.29. The molecule has 0 spiro atoms. The van der Waals surface area contributed by atoms with E-state index >= 15 is 0 Å². The topological polar surface area (TPSA) is 139 Å². The molecule has 0 rings (SSSR count). The summed E-state index contributed by atoms with van der Waals surface area (Å²) in [7, 11) is 11.4. The van der Waals surface area contributed by atoms with Crippen molar-refractivity contribution < 1.29 is 29.4 Å². The van der Waals surface area contributed by atoms with Gasteiger partial charge in [-0.25, -0.2) is 9.59 Å². The Morgan fingerprint density at radius 3 is 0.942 bits per heavy atom. The highest BCUT2D eigenvalue weighted by Crippen LogP contribution is 2.24. The lowest BCUT2D eigenvalue weighted by Crippen LogP contribution is -2.41. The molecule has 2 amide bonds. The Balaban J connectivity index is 3.87. The number of nitrogens with zero attached hydrogens (tertiary/aromatic N) is 2. The summed E-state index contributed by atoms with van der Waals surface area (Å²) in [6.45, 7) is 2.35. The highest BCUT2D eigenvalue weighted by Gasteiger charge is 2.21. The fourth-order valence-electron chi connectivity index (χ4n) is 6.11. The zero-order valence-corrected chi connectivity index (χ0v) is 35.2. The van der Waals surface area contributed by atoms with Crippen LogP contribution in [0.1, 0.15) is 167 Å². The van der Waals surface area contributed by atoms with Crippen molar-refractivity contribution in [1.82, 2.24) is 20.4 Å². The maximum Gasteiger partial charge on any atom is 0.326 e. The standard InChI is InChI=1S/C40H78N4O6S2/c1-43(2)31-25-21-17-13-9-5-7-11-15-19-23-27-37(45)41-35(39(47)48)29-33-51-52-34-30-36(40(49)50)42-38(46)28-24-20-16-12-8-6-10-14-18-22-26-32-44(3)4/h35-36H,5-34H2,1-4H3,(H,41,45)(H,42,46)(H,47,48)(H,49,50). The summed E-state index contributed by atoms with van der Waals surface area (Å²) < 4.78 is 0. The molecule has 0 radical (unpaired) electrons. The summed E-state index contributed by atoms with van der Waals surface area (Å²) in [6, 6.07) is -1.86. The van der Waals surface area contributed by atoms with Gasteiger partial charge in [-0.2, -0.15) is 0 Å². The van der Waals surface area contributed by atoms with Crippen molar-refractivity contribution in [3.05, 3.63) is 0 Å². The SMILES string of the molecule is CN(C)CCCCCCCCCCCCCC(=O)NC(CCSSCCC(NC(=O)CCCCCCCCCCCCCN(C)C)C(=O)O)C(=O)O. The van der Waals surface area contributed by atoms with Crippen molar-refractivity contribution in [2.45, 2.75) is 179 Å². The minimum atomic E-state index is -1.04. The zero-order valence-electron chi connectivity index (χ0n) is 33.6. The number of rotatable bonds is 39. The molecule has 0 heterocycles. The van der Waals surface area contributed by atoms with E-state index in [2.05, 4.69) is 48.6 Å². The van der Waals surface area contributed by atoms with Gasteiger partial charge >= 0.3 is 11.9 Å². The minimum absolute atomic E-state index is 0.216. The van der Waals surface area contributed by atoms with Gasteiger partial charge in [-0.05, 0) is 79.8 Å². The first-order chi connectivity index (χ1) is 25.0. The molecule has 306 valence electrons. The number of nitrogens with one attached hydrogen (secondary N) is 2. The van der Waals surface area contributed by atoms with Gasteiger partial charge in [-0.3, -0.25) is 9.59 Å². The Bertz CT molecular complexity index is 826. The molecule has 10 nitrogen and oxygen atoms in total. The average Bonchev–Trinajstić information content (AvgIpc) is 3.08. The molecule has 0 aromatic heterocycles. The molecule has 0 aliphatic carbocycles. The third-order valence-corrected chi connectivity index (χ3v) is 11.8. The van der Waals surface area contributed by atoms with Crippen LogP contribution in [0.4, 0.5) is 0 Å². The number of amides is 2. The highest BCUT2D eigenvalue weighted by atomic mass is 33.1. The molecule has 2 unspecified atom stereocenters. The molecule has 0 fully saturated rings. The second-order valence-electron chi connectivity index (χ2n) is 15.0. The molecule has 0 aromatic carbocycles. The smallest absolute Gasteiger partial charge is 0.326 e. The van der Waals surface area contributed by atoms with Crippen molar-refractivity contribution in [3.8, 4) is 0 Å². The van der Waals surface area contributed by atoms with Crippen LogP contribution >= 0.6 is 21.6 Å². The van der Waals surface area contributed by atoms with Gasteiger partial charge in [0.15, 0.2) is 0 Å². The summed E-state index contributed by atoms with van der Waals surface area (Å²) in [6.07, 6.45) is 27.5. The van der Waals surface area contributed by atoms with Crippen molar-refractivity contribution >= 4 is 45.3 Å². The fraction of sp³-hybridized carbons (Fsp3) is 0.900. The molecule has 0 saturated heterocycles. The van der Waals surface area contributed by atoms with E-state index in [1.54, 1.807) is 0 Å². The molecule has 2 atom stereocenters. The van der Waals surface area contributed by atoms with Gasteiger partial charge in [-0.15, -0.1) is 0 Å². The number of hydrogen-bond donors (Lipinski definition) is 4. The molecule has 0 saturated carbocycles. The predicted octanol–water partition coefficient (Wildman–Crippen LogP) is 8.77. The lowest BCUT2D eigenvalue weighted by Gasteiger charge is -2.15. The Labute approximate surface area is 325 Å². The first-order valence-corrected chi connectivity index (χ1v) is 23.1. The van der Waals surface area contributed by atoms with Crippen molar-refractivity contribution in [3.63, 3.8) is 0 Å². The van der Waals surface area contributed by atoms with E-state index in [0.29, 0.717) is 37.2 Å². The Hall–Kier alpha value is -1.50. The number of unbranched alkanes of at least 4 members (excludes halogenated alkanes) is 20. The van der Waals surface area contributed by atoms with Crippen LogP contribution in [0.25, 0.3) is 0 Å². The quantitative estimate of drug-likeness (QED) is 0.0354. The number of aliphatic carboxylic acids is 2. The molecule has 0 bridgehead atoms. The van der Waals surface area contributed by atoms with Gasteiger partial charge in [0.2, 0.25) is 11.8 Å². The van der Waals surface area contributed by atoms with Gasteiger partial charge in [0.25, 0.3) is 0 Å². The third kappa shape index (κ3) is 35.5. The molecule has 0 aliphatic rings. The molecule has 0 aromatic rings. The average molecular weight is 775 g/mol. The molecule has 4 N–H and O–H groups in total. The number of hydrogen-bond acceptors (Lipinski definition) is 8. The van der Waals surface area contributed by atoms with E-state index in [1.807, 2.05) is 0 Å². The van der Waals surface area contributed by atoms with Crippen LogP contribution in [-0.2, 0) is 19.2 Å². The Morgan fingerprint density at radius 2 is 0.692 bits per heavy atom. The third-order valence-electron chi connectivity index (χ3n) is 9.35. The van der Waals surface area contributed by atoms with E-state index in [-0.39, 0.29) is 11.8 Å². The van der Waals surface area contributed by atoms with Crippen molar-refractivity contribution in [1.29, 1.82) is 0 Å². The summed E-state index contributed by atoms with van der Waals surface area (Å²) in [4.78, 5) is 52.6. The first-order valence-electron chi connectivity index (χ1n) is 20.6. The van der Waals surface area contributed by atoms with Gasteiger partial charge in [0, 0.05) is 24.3 Å². The summed E-state index contributed by atoms with van der Waals surface area (Å²) in [5.41, 5.74) is 0. The maximum absolute atomic E-state index is 12.4. The van der Waals surface area contributed by atoms with E-state index in [4.69, 9.17) is 0 Å². The number of carbonyl (C=O) groups excluding carboxylic acids is 2. The van der Waals surface area contributed by atoms with Crippen molar-refractivity contribution in [2.75, 3.05) is 52.8 Å². The van der Waals surface area contributed by atoms with Gasteiger partial charge < -0.3 is 30.6 Å². The molecule has 12 heteroatoms. The van der Waals surface area contributed by atoms with Crippen LogP contribution in [0, 0.1) is 0 Å². The van der Waals surface area contributed by atoms with Gasteiger partial charge in [0.1, 0.15) is 12.1 Å². The monoisotopic (exact) mass is 775 g/mol. The van der Waals surface area contributed by atoms with Crippen LogP contribution in [-0.4, -0.2) is 109 Å². The number of carboxylic acids is 2. The van der Waals surface area contributed by atoms with Crippen LogP contribution in [0.2, 0.25) is 0 Å². The highest BCUT2D eigenvalue weighted by molar-refractivity contribution is 8.76. The number of carboxylic acid groups (broad SMARTS) is 2. The Kier molecular flexibility index (Phi) is 35.4. The summed E-state index contributed by atoms with van der Waals surface area (Å²) in [5.74, 6) is -1.48. The first kappa shape index (κ1) is 50.5. The van der Waals surface area contributed by atoms with E-state index in [9.17, 15) is 29.4 Å². The minimum Gasteiger partial charge on any atom is -0.480 e. The van der Waals surface area contributed by atoms with E-state index < -0.39 is 24.0 Å². The molecular weight excluding hydrogens is 697 g/mol.